The van der Waals surface area contributed by atoms with Gasteiger partial charge in [0.05, 0.1) is 0 Å². The van der Waals surface area contributed by atoms with Gasteiger partial charge in [0.2, 0.25) is 0 Å². The fourth-order valence-electron chi connectivity index (χ4n) is 1.55. The van der Waals surface area contributed by atoms with E-state index >= 15 is 0 Å². The molecule has 0 unspecified atom stereocenters. The standard InChI is InChI=1S/C14H20O2/c1-3-12-7-9-13(10-8-12)14(15)6-5-11-16-4-2/h7-10H,3-6,11H2,1-2H3. The van der Waals surface area contributed by atoms with E-state index in [1.807, 2.05) is 31.2 Å². The highest BCUT2D eigenvalue weighted by atomic mass is 16.5. The zero-order valence-corrected chi connectivity index (χ0v) is 10.2. The number of carbonyl (C=O) groups excluding carboxylic acids is 1. The average Bonchev–Trinajstić information content (AvgIpc) is 2.34. The van der Waals surface area contributed by atoms with Gasteiger partial charge in [0.15, 0.2) is 5.78 Å². The van der Waals surface area contributed by atoms with Crippen LogP contribution in [0.2, 0.25) is 0 Å². The largest absolute Gasteiger partial charge is 0.382 e. The molecule has 0 spiro atoms. The highest BCUT2D eigenvalue weighted by Gasteiger charge is 2.04. The number of benzene rings is 1. The van der Waals surface area contributed by atoms with Crippen molar-refractivity contribution in [1.82, 2.24) is 0 Å². The summed E-state index contributed by atoms with van der Waals surface area (Å²) >= 11 is 0. The van der Waals surface area contributed by atoms with E-state index in [-0.39, 0.29) is 5.78 Å². The fraction of sp³-hybridized carbons (Fsp3) is 0.500. The molecule has 1 rings (SSSR count). The van der Waals surface area contributed by atoms with Crippen LogP contribution in [0.1, 0.15) is 42.6 Å². The maximum Gasteiger partial charge on any atom is 0.162 e. The van der Waals surface area contributed by atoms with Crippen LogP contribution in [0.4, 0.5) is 0 Å². The molecule has 0 fully saturated rings. The molecule has 0 aliphatic heterocycles. The average molecular weight is 220 g/mol. The van der Waals surface area contributed by atoms with Crippen LogP contribution >= 0.6 is 0 Å². The van der Waals surface area contributed by atoms with Crippen LogP contribution in [0.3, 0.4) is 0 Å². The zero-order chi connectivity index (χ0) is 11.8. The minimum atomic E-state index is 0.211. The predicted molar refractivity (Wildman–Crippen MR) is 65.9 cm³/mol. The molecular formula is C14H20O2. The van der Waals surface area contributed by atoms with E-state index in [0.29, 0.717) is 13.0 Å². The Balaban J connectivity index is 2.40. The fourth-order valence-corrected chi connectivity index (χ4v) is 1.55. The lowest BCUT2D eigenvalue weighted by atomic mass is 10.0. The Kier molecular flexibility index (Phi) is 5.79. The topological polar surface area (TPSA) is 26.3 Å². The van der Waals surface area contributed by atoms with Crippen LogP contribution in [0.5, 0.6) is 0 Å². The summed E-state index contributed by atoms with van der Waals surface area (Å²) in [5.74, 6) is 0.211. The van der Waals surface area contributed by atoms with E-state index in [9.17, 15) is 4.79 Å². The third kappa shape index (κ3) is 4.15. The lowest BCUT2D eigenvalue weighted by molar-refractivity contribution is 0.0947. The number of hydrogen-bond donors (Lipinski definition) is 0. The zero-order valence-electron chi connectivity index (χ0n) is 10.2. The first-order valence-electron chi connectivity index (χ1n) is 5.97. The number of aryl methyl sites for hydroxylation is 1. The molecule has 0 radical (unpaired) electrons. The quantitative estimate of drug-likeness (QED) is 0.521. The van der Waals surface area contributed by atoms with Crippen LogP contribution in [0.25, 0.3) is 0 Å². The van der Waals surface area contributed by atoms with E-state index in [2.05, 4.69) is 6.92 Å². The normalized spacial score (nSPS) is 10.4. The van der Waals surface area contributed by atoms with E-state index in [1.54, 1.807) is 0 Å². The number of rotatable bonds is 7. The Morgan fingerprint density at radius 1 is 1.19 bits per heavy atom. The Hall–Kier alpha value is -1.15. The Morgan fingerprint density at radius 2 is 1.88 bits per heavy atom. The molecule has 0 aliphatic rings. The van der Waals surface area contributed by atoms with Crippen molar-refractivity contribution >= 4 is 5.78 Å². The summed E-state index contributed by atoms with van der Waals surface area (Å²) in [6, 6.07) is 7.88. The number of carbonyl (C=O) groups is 1. The summed E-state index contributed by atoms with van der Waals surface area (Å²) in [6.07, 6.45) is 2.40. The molecule has 0 aromatic heterocycles. The second-order valence-electron chi connectivity index (χ2n) is 3.77. The molecule has 88 valence electrons. The van der Waals surface area contributed by atoms with Crippen molar-refractivity contribution in [3.8, 4) is 0 Å². The second kappa shape index (κ2) is 7.18. The summed E-state index contributed by atoms with van der Waals surface area (Å²) in [5.41, 5.74) is 2.08. The molecule has 16 heavy (non-hydrogen) atoms. The van der Waals surface area contributed by atoms with Gasteiger partial charge in [-0.1, -0.05) is 31.2 Å². The first-order valence-corrected chi connectivity index (χ1v) is 5.97. The molecule has 1 aromatic carbocycles. The summed E-state index contributed by atoms with van der Waals surface area (Å²) in [7, 11) is 0. The minimum Gasteiger partial charge on any atom is -0.382 e. The van der Waals surface area contributed by atoms with Crippen molar-refractivity contribution in [2.45, 2.75) is 33.1 Å². The third-order valence-electron chi connectivity index (χ3n) is 2.58. The molecule has 0 N–H and O–H groups in total. The van der Waals surface area contributed by atoms with Gasteiger partial charge in [0.1, 0.15) is 0 Å². The lowest BCUT2D eigenvalue weighted by Gasteiger charge is -2.03. The van der Waals surface area contributed by atoms with Gasteiger partial charge >= 0.3 is 0 Å². The van der Waals surface area contributed by atoms with Crippen LogP contribution in [0, 0.1) is 0 Å². The van der Waals surface area contributed by atoms with Gasteiger partial charge in [0, 0.05) is 25.2 Å². The van der Waals surface area contributed by atoms with E-state index in [0.717, 1.165) is 25.0 Å². The smallest absolute Gasteiger partial charge is 0.162 e. The first-order chi connectivity index (χ1) is 7.77. The highest BCUT2D eigenvalue weighted by molar-refractivity contribution is 5.96. The molecule has 1 aromatic rings. The Labute approximate surface area is 97.6 Å². The lowest BCUT2D eigenvalue weighted by Crippen LogP contribution is -2.02. The summed E-state index contributed by atoms with van der Waals surface area (Å²) in [4.78, 5) is 11.8. The van der Waals surface area contributed by atoms with Crippen LogP contribution in [-0.2, 0) is 11.2 Å². The molecule has 0 heterocycles. The van der Waals surface area contributed by atoms with Crippen LogP contribution in [0.15, 0.2) is 24.3 Å². The van der Waals surface area contributed by atoms with Crippen LogP contribution < -0.4 is 0 Å². The molecule has 0 saturated carbocycles. The molecule has 0 aliphatic carbocycles. The van der Waals surface area contributed by atoms with Gasteiger partial charge in [-0.15, -0.1) is 0 Å². The number of ketones is 1. The van der Waals surface area contributed by atoms with Gasteiger partial charge in [0.25, 0.3) is 0 Å². The van der Waals surface area contributed by atoms with Crippen LogP contribution in [-0.4, -0.2) is 19.0 Å². The van der Waals surface area contributed by atoms with Gasteiger partial charge in [-0.05, 0) is 25.3 Å². The summed E-state index contributed by atoms with van der Waals surface area (Å²) < 4.78 is 5.20. The summed E-state index contributed by atoms with van der Waals surface area (Å²) in [6.45, 7) is 5.47. The van der Waals surface area contributed by atoms with Crippen molar-refractivity contribution in [1.29, 1.82) is 0 Å². The molecule has 0 atom stereocenters. The molecule has 2 heteroatoms. The van der Waals surface area contributed by atoms with Crippen molar-refractivity contribution in [3.05, 3.63) is 35.4 Å². The first kappa shape index (κ1) is 12.9. The van der Waals surface area contributed by atoms with Crippen molar-refractivity contribution in [3.63, 3.8) is 0 Å². The monoisotopic (exact) mass is 220 g/mol. The molecule has 0 amide bonds. The van der Waals surface area contributed by atoms with E-state index in [1.165, 1.54) is 5.56 Å². The van der Waals surface area contributed by atoms with E-state index < -0.39 is 0 Å². The van der Waals surface area contributed by atoms with Gasteiger partial charge in [-0.3, -0.25) is 4.79 Å². The Bertz CT molecular complexity index is 314. The molecular weight excluding hydrogens is 200 g/mol. The molecule has 0 bridgehead atoms. The van der Waals surface area contributed by atoms with Crippen molar-refractivity contribution in [2.75, 3.05) is 13.2 Å². The Morgan fingerprint density at radius 3 is 2.44 bits per heavy atom. The second-order valence-corrected chi connectivity index (χ2v) is 3.77. The number of Topliss-reactive ketones (excluding diaryl/α,β-unsaturated/α-hetero) is 1. The predicted octanol–water partition coefficient (Wildman–Crippen LogP) is 3.25. The van der Waals surface area contributed by atoms with Gasteiger partial charge in [-0.2, -0.15) is 0 Å². The summed E-state index contributed by atoms with van der Waals surface area (Å²) in [5, 5.41) is 0. The maximum atomic E-state index is 11.8. The molecule has 2 nitrogen and oxygen atoms in total. The third-order valence-corrected chi connectivity index (χ3v) is 2.58. The minimum absolute atomic E-state index is 0.211. The van der Waals surface area contributed by atoms with Crippen molar-refractivity contribution < 1.29 is 9.53 Å². The highest BCUT2D eigenvalue weighted by Crippen LogP contribution is 2.08. The number of hydrogen-bond acceptors (Lipinski definition) is 2. The molecule has 0 saturated heterocycles. The van der Waals surface area contributed by atoms with E-state index in [4.69, 9.17) is 4.74 Å². The van der Waals surface area contributed by atoms with Gasteiger partial charge < -0.3 is 4.74 Å². The van der Waals surface area contributed by atoms with Crippen molar-refractivity contribution in [2.24, 2.45) is 0 Å². The maximum absolute atomic E-state index is 11.8. The SMILES string of the molecule is CCOCCCC(=O)c1ccc(CC)cc1. The number of ether oxygens (including phenoxy) is 1. The van der Waals surface area contributed by atoms with Gasteiger partial charge in [-0.25, -0.2) is 0 Å².